The first-order valence-electron chi connectivity index (χ1n) is 9.84. The Morgan fingerprint density at radius 1 is 0.926 bits per heavy atom. The van der Waals surface area contributed by atoms with Gasteiger partial charge in [0.05, 0.1) is 12.2 Å². The predicted octanol–water partition coefficient (Wildman–Crippen LogP) is 4.85. The van der Waals surface area contributed by atoms with Gasteiger partial charge in [-0.25, -0.2) is 0 Å². The lowest BCUT2D eigenvalue weighted by molar-refractivity contribution is 0.0693. The summed E-state index contributed by atoms with van der Waals surface area (Å²) in [7, 11) is 0. The fraction of sp³-hybridized carbons (Fsp3) is 0.348. The SMILES string of the molecule is O=C(c1nccc2ccccc12)N(Cc1ccccn1)CC1CCCCC1. The summed E-state index contributed by atoms with van der Waals surface area (Å²) in [6, 6.07) is 15.8. The van der Waals surface area contributed by atoms with Crippen molar-refractivity contribution >= 4 is 16.7 Å². The van der Waals surface area contributed by atoms with Crippen LogP contribution in [0.5, 0.6) is 0 Å². The standard InChI is InChI=1S/C23H25N3O/c27-23(22-21-12-5-4-10-19(21)13-15-25-22)26(16-18-8-2-1-3-9-18)17-20-11-6-7-14-24-20/h4-7,10-15,18H,1-3,8-9,16-17H2. The summed E-state index contributed by atoms with van der Waals surface area (Å²) in [5.41, 5.74) is 1.46. The Kier molecular flexibility index (Phi) is 5.42. The Bertz CT molecular complexity index is 898. The highest BCUT2D eigenvalue weighted by atomic mass is 16.2. The maximum Gasteiger partial charge on any atom is 0.273 e. The van der Waals surface area contributed by atoms with Crippen molar-refractivity contribution in [2.45, 2.75) is 38.6 Å². The lowest BCUT2D eigenvalue weighted by Gasteiger charge is -2.29. The van der Waals surface area contributed by atoms with Crippen molar-refractivity contribution in [2.75, 3.05) is 6.54 Å². The van der Waals surface area contributed by atoms with E-state index in [0.717, 1.165) is 23.0 Å². The van der Waals surface area contributed by atoms with Crippen molar-refractivity contribution < 1.29 is 4.79 Å². The third kappa shape index (κ3) is 4.16. The van der Waals surface area contributed by atoms with E-state index >= 15 is 0 Å². The van der Waals surface area contributed by atoms with Crippen molar-refractivity contribution in [3.05, 3.63) is 72.3 Å². The number of fused-ring (bicyclic) bond motifs is 1. The monoisotopic (exact) mass is 359 g/mol. The fourth-order valence-corrected chi connectivity index (χ4v) is 4.03. The second-order valence-corrected chi connectivity index (χ2v) is 7.39. The first-order valence-corrected chi connectivity index (χ1v) is 9.84. The van der Waals surface area contributed by atoms with Crippen LogP contribution in [0.3, 0.4) is 0 Å². The zero-order chi connectivity index (χ0) is 18.5. The third-order valence-electron chi connectivity index (χ3n) is 5.45. The molecule has 4 heteroatoms. The molecule has 4 rings (SSSR count). The van der Waals surface area contributed by atoms with Gasteiger partial charge in [0.2, 0.25) is 0 Å². The molecule has 2 aromatic heterocycles. The quantitative estimate of drug-likeness (QED) is 0.654. The summed E-state index contributed by atoms with van der Waals surface area (Å²) in [4.78, 5) is 24.3. The van der Waals surface area contributed by atoms with Gasteiger partial charge < -0.3 is 4.90 Å². The lowest BCUT2D eigenvalue weighted by atomic mass is 9.89. The maximum atomic E-state index is 13.5. The molecule has 2 heterocycles. The molecule has 1 amide bonds. The second-order valence-electron chi connectivity index (χ2n) is 7.39. The van der Waals surface area contributed by atoms with E-state index in [4.69, 9.17) is 0 Å². The van der Waals surface area contributed by atoms with Gasteiger partial charge in [0.15, 0.2) is 0 Å². The normalized spacial score (nSPS) is 15.0. The van der Waals surface area contributed by atoms with Gasteiger partial charge in [-0.2, -0.15) is 0 Å². The number of hydrogen-bond acceptors (Lipinski definition) is 3. The van der Waals surface area contributed by atoms with Crippen LogP contribution >= 0.6 is 0 Å². The number of pyridine rings is 2. The third-order valence-corrected chi connectivity index (χ3v) is 5.45. The van der Waals surface area contributed by atoms with Crippen LogP contribution < -0.4 is 0 Å². The molecule has 0 spiro atoms. The molecule has 1 aromatic carbocycles. The Hall–Kier alpha value is -2.75. The van der Waals surface area contributed by atoms with E-state index in [0.29, 0.717) is 18.2 Å². The van der Waals surface area contributed by atoms with Gasteiger partial charge in [-0.05, 0) is 42.3 Å². The Labute approximate surface area is 160 Å². The van der Waals surface area contributed by atoms with Crippen LogP contribution in [-0.4, -0.2) is 27.3 Å². The summed E-state index contributed by atoms with van der Waals surface area (Å²) in [6.07, 6.45) is 9.77. The first-order chi connectivity index (χ1) is 13.3. The first kappa shape index (κ1) is 17.7. The highest BCUT2D eigenvalue weighted by molar-refractivity contribution is 6.05. The highest BCUT2D eigenvalue weighted by Crippen LogP contribution is 2.26. The molecule has 3 aromatic rings. The number of amides is 1. The molecule has 0 saturated heterocycles. The van der Waals surface area contributed by atoms with Gasteiger partial charge >= 0.3 is 0 Å². The minimum Gasteiger partial charge on any atom is -0.331 e. The van der Waals surface area contributed by atoms with Gasteiger partial charge in [0.25, 0.3) is 5.91 Å². The summed E-state index contributed by atoms with van der Waals surface area (Å²) < 4.78 is 0. The van der Waals surface area contributed by atoms with Gasteiger partial charge in [0.1, 0.15) is 5.69 Å². The van der Waals surface area contributed by atoms with E-state index in [1.807, 2.05) is 53.4 Å². The number of carbonyl (C=O) groups excluding carboxylic acids is 1. The topological polar surface area (TPSA) is 46.1 Å². The average Bonchev–Trinajstić information content (AvgIpc) is 2.74. The largest absolute Gasteiger partial charge is 0.331 e. The highest BCUT2D eigenvalue weighted by Gasteiger charge is 2.24. The molecule has 138 valence electrons. The van der Waals surface area contributed by atoms with Crippen molar-refractivity contribution in [3.63, 3.8) is 0 Å². The van der Waals surface area contributed by atoms with Crippen LogP contribution in [0.2, 0.25) is 0 Å². The molecule has 1 fully saturated rings. The van der Waals surface area contributed by atoms with Crippen LogP contribution in [0.4, 0.5) is 0 Å². The van der Waals surface area contributed by atoms with Gasteiger partial charge in [-0.3, -0.25) is 14.8 Å². The Morgan fingerprint density at radius 3 is 2.56 bits per heavy atom. The molecule has 27 heavy (non-hydrogen) atoms. The van der Waals surface area contributed by atoms with Crippen molar-refractivity contribution in [2.24, 2.45) is 5.92 Å². The predicted molar refractivity (Wildman–Crippen MR) is 107 cm³/mol. The molecule has 1 saturated carbocycles. The number of carbonyl (C=O) groups is 1. The Morgan fingerprint density at radius 2 is 1.74 bits per heavy atom. The van der Waals surface area contributed by atoms with E-state index in [-0.39, 0.29) is 5.91 Å². The van der Waals surface area contributed by atoms with Gasteiger partial charge in [0, 0.05) is 24.3 Å². The van der Waals surface area contributed by atoms with E-state index in [2.05, 4.69) is 9.97 Å². The molecule has 0 N–H and O–H groups in total. The second kappa shape index (κ2) is 8.30. The van der Waals surface area contributed by atoms with Gasteiger partial charge in [-0.15, -0.1) is 0 Å². The number of aromatic nitrogens is 2. The minimum atomic E-state index is 0.00280. The number of rotatable bonds is 5. The van der Waals surface area contributed by atoms with Crippen LogP contribution in [0.15, 0.2) is 60.9 Å². The maximum absolute atomic E-state index is 13.5. The number of hydrogen-bond donors (Lipinski definition) is 0. The molecule has 0 bridgehead atoms. The molecular weight excluding hydrogens is 334 g/mol. The molecular formula is C23H25N3O. The van der Waals surface area contributed by atoms with Crippen LogP contribution in [0, 0.1) is 5.92 Å². The van der Waals surface area contributed by atoms with Crippen LogP contribution in [-0.2, 0) is 6.54 Å². The van der Waals surface area contributed by atoms with E-state index in [1.54, 1.807) is 12.4 Å². The van der Waals surface area contributed by atoms with Crippen molar-refractivity contribution in [3.8, 4) is 0 Å². The summed E-state index contributed by atoms with van der Waals surface area (Å²) in [6.45, 7) is 1.31. The summed E-state index contributed by atoms with van der Waals surface area (Å²) >= 11 is 0. The van der Waals surface area contributed by atoms with E-state index in [1.165, 1.54) is 32.1 Å². The van der Waals surface area contributed by atoms with Crippen LogP contribution in [0.25, 0.3) is 10.8 Å². The number of benzene rings is 1. The number of nitrogens with zero attached hydrogens (tertiary/aromatic N) is 3. The van der Waals surface area contributed by atoms with Crippen molar-refractivity contribution in [1.29, 1.82) is 0 Å². The lowest BCUT2D eigenvalue weighted by Crippen LogP contribution is -2.36. The van der Waals surface area contributed by atoms with E-state index in [9.17, 15) is 4.79 Å². The smallest absolute Gasteiger partial charge is 0.273 e. The van der Waals surface area contributed by atoms with Crippen molar-refractivity contribution in [1.82, 2.24) is 14.9 Å². The zero-order valence-electron chi connectivity index (χ0n) is 15.6. The molecule has 1 aliphatic rings. The summed E-state index contributed by atoms with van der Waals surface area (Å²) in [5, 5.41) is 1.96. The summed E-state index contributed by atoms with van der Waals surface area (Å²) in [5.74, 6) is 0.574. The molecule has 1 aliphatic carbocycles. The van der Waals surface area contributed by atoms with Gasteiger partial charge in [-0.1, -0.05) is 49.6 Å². The molecule has 0 aliphatic heterocycles. The molecule has 0 radical (unpaired) electrons. The molecule has 0 unspecified atom stereocenters. The minimum absolute atomic E-state index is 0.00280. The zero-order valence-corrected chi connectivity index (χ0v) is 15.6. The fourth-order valence-electron chi connectivity index (χ4n) is 4.03. The van der Waals surface area contributed by atoms with E-state index < -0.39 is 0 Å². The Balaban J connectivity index is 1.64. The average molecular weight is 359 g/mol. The van der Waals surface area contributed by atoms with Crippen LogP contribution in [0.1, 0.15) is 48.3 Å². The molecule has 0 atom stereocenters. The molecule has 4 nitrogen and oxygen atoms in total.